The van der Waals surface area contributed by atoms with Crippen LogP contribution < -0.4 is 5.73 Å². The predicted octanol–water partition coefficient (Wildman–Crippen LogP) is 2.13. The topological polar surface area (TPSA) is 86.9 Å². The van der Waals surface area contributed by atoms with E-state index in [9.17, 15) is 0 Å². The van der Waals surface area contributed by atoms with Crippen molar-refractivity contribution < 1.29 is 0 Å². The fourth-order valence-corrected chi connectivity index (χ4v) is 2.54. The number of fused-ring (bicyclic) bond motifs is 3. The fraction of sp³-hybridized carbons (Fsp3) is 0.200. The van der Waals surface area contributed by atoms with Gasteiger partial charge in [0.1, 0.15) is 0 Å². The van der Waals surface area contributed by atoms with E-state index in [-0.39, 0.29) is 0 Å². The molecule has 4 aromatic rings. The van der Waals surface area contributed by atoms with Gasteiger partial charge in [-0.3, -0.25) is 0 Å². The second kappa shape index (κ2) is 4.80. The molecule has 0 radical (unpaired) electrons. The third-order valence-corrected chi connectivity index (χ3v) is 3.56. The average Bonchev–Trinajstić information content (AvgIpc) is 3.14. The first-order valence-electron chi connectivity index (χ1n) is 7.21. The zero-order chi connectivity index (χ0) is 15.1. The zero-order valence-electron chi connectivity index (χ0n) is 12.1. The summed E-state index contributed by atoms with van der Waals surface area (Å²) in [5.74, 6) is 0.944. The van der Waals surface area contributed by atoms with Gasteiger partial charge in [-0.15, -0.1) is 5.10 Å². The molecule has 7 nitrogen and oxygen atoms in total. The van der Waals surface area contributed by atoms with Gasteiger partial charge in [-0.25, -0.2) is 9.67 Å². The number of nitrogens with zero attached hydrogens (tertiary/aromatic N) is 6. The van der Waals surface area contributed by atoms with Crippen molar-refractivity contribution in [1.82, 2.24) is 29.4 Å². The van der Waals surface area contributed by atoms with Gasteiger partial charge >= 0.3 is 0 Å². The third-order valence-electron chi connectivity index (χ3n) is 3.56. The molecule has 7 heteroatoms. The molecule has 2 N–H and O–H groups in total. The summed E-state index contributed by atoms with van der Waals surface area (Å²) in [6.07, 6.45) is 2.75. The van der Waals surface area contributed by atoms with Crippen LogP contribution in [0.3, 0.4) is 0 Å². The Morgan fingerprint density at radius 1 is 1.09 bits per heavy atom. The summed E-state index contributed by atoms with van der Waals surface area (Å²) in [6, 6.07) is 9.81. The number of aromatic nitrogens is 6. The molecule has 0 fully saturated rings. The van der Waals surface area contributed by atoms with Crippen molar-refractivity contribution in [1.29, 1.82) is 0 Å². The maximum atomic E-state index is 6.05. The Hall–Kier alpha value is -2.96. The Morgan fingerprint density at radius 3 is 2.68 bits per heavy atom. The van der Waals surface area contributed by atoms with E-state index < -0.39 is 0 Å². The minimum absolute atomic E-state index is 0.315. The molecule has 4 rings (SSSR count). The molecule has 110 valence electrons. The van der Waals surface area contributed by atoms with E-state index in [0.717, 1.165) is 29.6 Å². The quantitative estimate of drug-likeness (QED) is 0.625. The van der Waals surface area contributed by atoms with Crippen LogP contribution in [0.4, 0.5) is 5.95 Å². The lowest BCUT2D eigenvalue weighted by molar-refractivity contribution is 0.617. The molecule has 0 aliphatic rings. The summed E-state index contributed by atoms with van der Waals surface area (Å²) in [5.41, 5.74) is 8.42. The minimum Gasteiger partial charge on any atom is -0.368 e. The van der Waals surface area contributed by atoms with Gasteiger partial charge in [0, 0.05) is 12.1 Å². The van der Waals surface area contributed by atoms with Crippen molar-refractivity contribution in [2.45, 2.75) is 19.9 Å². The average molecular weight is 293 g/mol. The van der Waals surface area contributed by atoms with Gasteiger partial charge in [0.05, 0.1) is 11.6 Å². The highest BCUT2D eigenvalue weighted by atomic mass is 15.4. The van der Waals surface area contributed by atoms with E-state index in [1.165, 1.54) is 0 Å². The summed E-state index contributed by atoms with van der Waals surface area (Å²) in [4.78, 5) is 9.05. The van der Waals surface area contributed by atoms with Gasteiger partial charge in [-0.2, -0.15) is 14.6 Å². The van der Waals surface area contributed by atoms with Gasteiger partial charge in [-0.05, 0) is 6.42 Å². The molecule has 3 heterocycles. The van der Waals surface area contributed by atoms with Crippen LogP contribution in [0.1, 0.15) is 13.3 Å². The Bertz CT molecular complexity index is 952. The number of hydrogen-bond donors (Lipinski definition) is 1. The summed E-state index contributed by atoms with van der Waals surface area (Å²) >= 11 is 0. The van der Waals surface area contributed by atoms with Crippen LogP contribution in [0.5, 0.6) is 0 Å². The summed E-state index contributed by atoms with van der Waals surface area (Å²) in [5, 5.41) is 9.70. The monoisotopic (exact) mass is 293 g/mol. The van der Waals surface area contributed by atoms with Crippen LogP contribution in [0.2, 0.25) is 0 Å². The first-order valence-corrected chi connectivity index (χ1v) is 7.21. The Labute approximate surface area is 126 Å². The van der Waals surface area contributed by atoms with E-state index in [1.54, 1.807) is 10.7 Å². The minimum atomic E-state index is 0.315. The van der Waals surface area contributed by atoms with Crippen molar-refractivity contribution in [3.05, 3.63) is 36.5 Å². The molecule has 0 saturated carbocycles. The molecular formula is C15H15N7. The number of hydrogen-bond acceptors (Lipinski definition) is 5. The summed E-state index contributed by atoms with van der Waals surface area (Å²) < 4.78 is 3.42. The van der Waals surface area contributed by atoms with E-state index in [1.807, 2.05) is 35.0 Å². The van der Waals surface area contributed by atoms with E-state index >= 15 is 0 Å². The van der Waals surface area contributed by atoms with Crippen LogP contribution in [-0.2, 0) is 6.54 Å². The van der Waals surface area contributed by atoms with Crippen molar-refractivity contribution >= 4 is 22.6 Å². The molecule has 0 atom stereocenters. The lowest BCUT2D eigenvalue weighted by Crippen LogP contribution is -2.05. The molecule has 1 aromatic carbocycles. The molecule has 0 aliphatic carbocycles. The fourth-order valence-electron chi connectivity index (χ4n) is 2.54. The summed E-state index contributed by atoms with van der Waals surface area (Å²) in [6.45, 7) is 2.89. The highest BCUT2D eigenvalue weighted by molar-refractivity contribution is 5.90. The van der Waals surface area contributed by atoms with Crippen molar-refractivity contribution in [2.75, 3.05) is 5.73 Å². The second-order valence-corrected chi connectivity index (χ2v) is 5.11. The Kier molecular flexibility index (Phi) is 2.78. The molecule has 3 aromatic heterocycles. The smallest absolute Gasteiger partial charge is 0.225 e. The SMILES string of the molecule is CCCn1ncc2c1nc(N)n1nc(-c3ccccc3)nc21. The maximum absolute atomic E-state index is 6.05. The van der Waals surface area contributed by atoms with E-state index in [0.29, 0.717) is 17.4 Å². The van der Waals surface area contributed by atoms with Crippen LogP contribution in [0, 0.1) is 0 Å². The van der Waals surface area contributed by atoms with Gasteiger partial charge < -0.3 is 5.73 Å². The largest absolute Gasteiger partial charge is 0.368 e. The van der Waals surface area contributed by atoms with Crippen LogP contribution in [0.25, 0.3) is 28.1 Å². The second-order valence-electron chi connectivity index (χ2n) is 5.11. The van der Waals surface area contributed by atoms with Gasteiger partial charge in [0.25, 0.3) is 0 Å². The molecular weight excluding hydrogens is 278 g/mol. The van der Waals surface area contributed by atoms with Gasteiger partial charge in [-0.1, -0.05) is 37.3 Å². The lowest BCUT2D eigenvalue weighted by Gasteiger charge is -2.01. The van der Waals surface area contributed by atoms with E-state index in [2.05, 4.69) is 27.1 Å². The number of aryl methyl sites for hydroxylation is 1. The van der Waals surface area contributed by atoms with Crippen LogP contribution in [-0.4, -0.2) is 29.4 Å². The van der Waals surface area contributed by atoms with Crippen LogP contribution in [0.15, 0.2) is 36.5 Å². The number of rotatable bonds is 3. The standard InChI is InChI=1S/C15H15N7/c1-2-8-21-13-11(9-17-21)14-18-12(10-6-4-3-5-7-10)20-22(14)15(16)19-13/h3-7,9H,2,8H2,1H3,(H2,16,19). The molecule has 0 aliphatic heterocycles. The van der Waals surface area contributed by atoms with Crippen molar-refractivity contribution in [2.24, 2.45) is 0 Å². The lowest BCUT2D eigenvalue weighted by atomic mass is 10.2. The highest BCUT2D eigenvalue weighted by Gasteiger charge is 2.15. The maximum Gasteiger partial charge on any atom is 0.225 e. The molecule has 0 bridgehead atoms. The Balaban J connectivity index is 1.99. The highest BCUT2D eigenvalue weighted by Crippen LogP contribution is 2.23. The normalized spacial score (nSPS) is 11.5. The first kappa shape index (κ1) is 12.8. The van der Waals surface area contributed by atoms with Crippen LogP contribution >= 0.6 is 0 Å². The molecule has 0 unspecified atom stereocenters. The first-order chi connectivity index (χ1) is 10.8. The molecule has 0 amide bonds. The zero-order valence-corrected chi connectivity index (χ0v) is 12.1. The van der Waals surface area contributed by atoms with Gasteiger partial charge in [0.15, 0.2) is 17.1 Å². The van der Waals surface area contributed by atoms with Crippen molar-refractivity contribution in [3.63, 3.8) is 0 Å². The van der Waals surface area contributed by atoms with Gasteiger partial charge in [0.2, 0.25) is 5.95 Å². The predicted molar refractivity (Wildman–Crippen MR) is 84.2 cm³/mol. The molecule has 22 heavy (non-hydrogen) atoms. The number of nitrogen functional groups attached to an aromatic ring is 1. The molecule has 0 saturated heterocycles. The van der Waals surface area contributed by atoms with E-state index in [4.69, 9.17) is 5.73 Å². The van der Waals surface area contributed by atoms with Crippen molar-refractivity contribution in [3.8, 4) is 11.4 Å². The number of anilines is 1. The Morgan fingerprint density at radius 2 is 1.91 bits per heavy atom. The summed E-state index contributed by atoms with van der Waals surface area (Å²) in [7, 11) is 0. The third kappa shape index (κ3) is 1.82. The number of nitrogens with two attached hydrogens (primary N) is 1. The number of benzene rings is 1. The molecule has 0 spiro atoms.